The van der Waals surface area contributed by atoms with E-state index < -0.39 is 0 Å². The SMILES string of the molecule is CCNCc1cn(C(C)C(=O)NCC(C)C)nn1. The number of rotatable bonds is 7. The quantitative estimate of drug-likeness (QED) is 0.751. The molecule has 0 saturated carbocycles. The van der Waals surface area contributed by atoms with Crippen LogP contribution < -0.4 is 10.6 Å². The fraction of sp³-hybridized carbons (Fsp3) is 0.750. The second-order valence-electron chi connectivity index (χ2n) is 4.79. The molecule has 0 fully saturated rings. The van der Waals surface area contributed by atoms with Crippen molar-refractivity contribution in [3.8, 4) is 0 Å². The van der Waals surface area contributed by atoms with Crippen molar-refractivity contribution >= 4 is 5.91 Å². The van der Waals surface area contributed by atoms with Crippen molar-refractivity contribution in [3.05, 3.63) is 11.9 Å². The first-order valence-corrected chi connectivity index (χ1v) is 6.43. The molecule has 1 aromatic rings. The van der Waals surface area contributed by atoms with Gasteiger partial charge in [0.2, 0.25) is 5.91 Å². The third-order valence-corrected chi connectivity index (χ3v) is 2.57. The molecule has 18 heavy (non-hydrogen) atoms. The van der Waals surface area contributed by atoms with Crippen LogP contribution in [0.1, 0.15) is 39.4 Å². The number of nitrogens with zero attached hydrogens (tertiary/aromatic N) is 3. The van der Waals surface area contributed by atoms with Gasteiger partial charge in [-0.15, -0.1) is 5.10 Å². The minimum absolute atomic E-state index is 0.0244. The minimum atomic E-state index is -0.327. The van der Waals surface area contributed by atoms with Gasteiger partial charge in [-0.25, -0.2) is 4.68 Å². The maximum absolute atomic E-state index is 11.9. The zero-order valence-electron chi connectivity index (χ0n) is 11.6. The molecule has 0 aliphatic carbocycles. The molecule has 0 aliphatic heterocycles. The average Bonchev–Trinajstić information content (AvgIpc) is 2.81. The standard InChI is InChI=1S/C12H23N5O/c1-5-13-7-11-8-17(16-15-11)10(4)12(18)14-6-9(2)3/h8-10,13H,5-7H2,1-4H3,(H,14,18). The van der Waals surface area contributed by atoms with Crippen LogP contribution in [0.3, 0.4) is 0 Å². The zero-order valence-corrected chi connectivity index (χ0v) is 11.6. The maximum atomic E-state index is 11.9. The normalized spacial score (nSPS) is 12.7. The topological polar surface area (TPSA) is 71.8 Å². The number of carbonyl (C=O) groups is 1. The molecule has 1 amide bonds. The van der Waals surface area contributed by atoms with Gasteiger partial charge in [-0.2, -0.15) is 0 Å². The van der Waals surface area contributed by atoms with Gasteiger partial charge in [0.05, 0.1) is 11.9 Å². The molecule has 0 spiro atoms. The van der Waals surface area contributed by atoms with Gasteiger partial charge in [0.15, 0.2) is 0 Å². The van der Waals surface area contributed by atoms with Crippen LogP contribution >= 0.6 is 0 Å². The number of hydrogen-bond acceptors (Lipinski definition) is 4. The highest BCUT2D eigenvalue weighted by Gasteiger charge is 2.16. The van der Waals surface area contributed by atoms with Crippen molar-refractivity contribution in [2.45, 2.75) is 40.3 Å². The summed E-state index contributed by atoms with van der Waals surface area (Å²) < 4.78 is 1.60. The lowest BCUT2D eigenvalue weighted by molar-refractivity contribution is -0.124. The van der Waals surface area contributed by atoms with Gasteiger partial charge in [0.25, 0.3) is 0 Å². The van der Waals surface area contributed by atoms with E-state index in [1.54, 1.807) is 4.68 Å². The van der Waals surface area contributed by atoms with Gasteiger partial charge >= 0.3 is 0 Å². The Kier molecular flexibility index (Phi) is 5.77. The summed E-state index contributed by atoms with van der Waals surface area (Å²) in [5.74, 6) is 0.421. The summed E-state index contributed by atoms with van der Waals surface area (Å²) in [6.45, 7) is 10.2. The molecule has 1 rings (SSSR count). The molecule has 0 aliphatic rings. The Hall–Kier alpha value is -1.43. The fourth-order valence-electron chi connectivity index (χ4n) is 1.41. The highest BCUT2D eigenvalue weighted by atomic mass is 16.2. The fourth-order valence-corrected chi connectivity index (χ4v) is 1.41. The lowest BCUT2D eigenvalue weighted by Gasteiger charge is -2.13. The summed E-state index contributed by atoms with van der Waals surface area (Å²) in [7, 11) is 0. The van der Waals surface area contributed by atoms with E-state index in [-0.39, 0.29) is 11.9 Å². The van der Waals surface area contributed by atoms with Crippen LogP contribution in [0.2, 0.25) is 0 Å². The van der Waals surface area contributed by atoms with Crippen LogP contribution in [0.5, 0.6) is 0 Å². The van der Waals surface area contributed by atoms with Crippen LogP contribution in [0.15, 0.2) is 6.20 Å². The number of carbonyl (C=O) groups excluding carboxylic acids is 1. The second-order valence-corrected chi connectivity index (χ2v) is 4.79. The van der Waals surface area contributed by atoms with Gasteiger partial charge < -0.3 is 10.6 Å². The van der Waals surface area contributed by atoms with E-state index in [1.165, 1.54) is 0 Å². The van der Waals surface area contributed by atoms with Crippen LogP contribution in [-0.2, 0) is 11.3 Å². The van der Waals surface area contributed by atoms with E-state index >= 15 is 0 Å². The highest BCUT2D eigenvalue weighted by molar-refractivity contribution is 5.79. The number of hydrogen-bond donors (Lipinski definition) is 2. The Balaban J connectivity index is 2.52. The third-order valence-electron chi connectivity index (χ3n) is 2.57. The number of aromatic nitrogens is 3. The van der Waals surface area contributed by atoms with Crippen LogP contribution in [0.4, 0.5) is 0 Å². The first-order valence-electron chi connectivity index (χ1n) is 6.43. The molecular formula is C12H23N5O. The summed E-state index contributed by atoms with van der Waals surface area (Å²) in [6, 6.07) is -0.327. The van der Waals surface area contributed by atoms with Gasteiger partial charge in [0.1, 0.15) is 6.04 Å². The molecule has 1 aromatic heterocycles. The molecule has 0 saturated heterocycles. The average molecular weight is 253 g/mol. The van der Waals surface area contributed by atoms with Crippen LogP contribution in [0.25, 0.3) is 0 Å². The molecule has 6 nitrogen and oxygen atoms in total. The Morgan fingerprint density at radius 3 is 2.78 bits per heavy atom. The van der Waals surface area contributed by atoms with Crippen LogP contribution in [0, 0.1) is 5.92 Å². The Bertz CT molecular complexity index is 374. The zero-order chi connectivity index (χ0) is 13.5. The monoisotopic (exact) mass is 253 g/mol. The summed E-state index contributed by atoms with van der Waals surface area (Å²) in [5.41, 5.74) is 0.848. The van der Waals surface area contributed by atoms with E-state index in [0.29, 0.717) is 19.0 Å². The van der Waals surface area contributed by atoms with Crippen molar-refractivity contribution in [2.75, 3.05) is 13.1 Å². The van der Waals surface area contributed by atoms with E-state index in [4.69, 9.17) is 0 Å². The third kappa shape index (κ3) is 4.44. The predicted molar refractivity (Wildman–Crippen MR) is 70.0 cm³/mol. The van der Waals surface area contributed by atoms with Gasteiger partial charge in [-0.1, -0.05) is 26.0 Å². The summed E-state index contributed by atoms with van der Waals surface area (Å²) in [6.07, 6.45) is 1.81. The molecule has 2 N–H and O–H groups in total. The smallest absolute Gasteiger partial charge is 0.244 e. The molecule has 1 unspecified atom stereocenters. The predicted octanol–water partition coefficient (Wildman–Crippen LogP) is 0.721. The van der Waals surface area contributed by atoms with Crippen molar-refractivity contribution in [3.63, 3.8) is 0 Å². The van der Waals surface area contributed by atoms with Crippen molar-refractivity contribution in [1.29, 1.82) is 0 Å². The molecule has 1 atom stereocenters. The van der Waals surface area contributed by atoms with Gasteiger partial charge in [0, 0.05) is 13.1 Å². The van der Waals surface area contributed by atoms with Gasteiger partial charge in [-0.05, 0) is 19.4 Å². The molecule has 0 aromatic carbocycles. The first-order chi connectivity index (χ1) is 8.54. The maximum Gasteiger partial charge on any atom is 0.244 e. The van der Waals surface area contributed by atoms with E-state index in [0.717, 1.165) is 12.2 Å². The highest BCUT2D eigenvalue weighted by Crippen LogP contribution is 2.05. The van der Waals surface area contributed by atoms with Crippen molar-refractivity contribution in [2.24, 2.45) is 5.92 Å². The summed E-state index contributed by atoms with van der Waals surface area (Å²) in [4.78, 5) is 11.9. The molecule has 6 heteroatoms. The minimum Gasteiger partial charge on any atom is -0.354 e. The molecule has 0 radical (unpaired) electrons. The lowest BCUT2D eigenvalue weighted by Crippen LogP contribution is -2.33. The molecule has 1 heterocycles. The molecular weight excluding hydrogens is 230 g/mol. The summed E-state index contributed by atoms with van der Waals surface area (Å²) in [5, 5.41) is 14.1. The molecule has 0 bridgehead atoms. The lowest BCUT2D eigenvalue weighted by atomic mass is 10.2. The Morgan fingerprint density at radius 1 is 1.44 bits per heavy atom. The number of amides is 1. The summed E-state index contributed by atoms with van der Waals surface area (Å²) >= 11 is 0. The second kappa shape index (κ2) is 7.10. The molecule has 102 valence electrons. The van der Waals surface area contributed by atoms with Gasteiger partial charge in [-0.3, -0.25) is 4.79 Å². The Labute approximate surface area is 108 Å². The van der Waals surface area contributed by atoms with E-state index in [1.807, 2.05) is 20.0 Å². The largest absolute Gasteiger partial charge is 0.354 e. The Morgan fingerprint density at radius 2 is 2.17 bits per heavy atom. The van der Waals surface area contributed by atoms with E-state index in [2.05, 4.69) is 34.8 Å². The van der Waals surface area contributed by atoms with Crippen molar-refractivity contribution in [1.82, 2.24) is 25.6 Å². The number of nitrogens with one attached hydrogen (secondary N) is 2. The first kappa shape index (κ1) is 14.6. The van der Waals surface area contributed by atoms with Crippen molar-refractivity contribution < 1.29 is 4.79 Å². The van der Waals surface area contributed by atoms with E-state index in [9.17, 15) is 4.79 Å². The van der Waals surface area contributed by atoms with Crippen LogP contribution in [-0.4, -0.2) is 34.0 Å².